The van der Waals surface area contributed by atoms with E-state index in [1.165, 1.54) is 17.7 Å². The van der Waals surface area contributed by atoms with Crippen molar-refractivity contribution in [2.75, 3.05) is 6.61 Å². The fraction of sp³-hybridized carbons (Fsp3) is 0.600. The molecule has 0 saturated heterocycles. The molecule has 0 aromatic carbocycles. The zero-order valence-electron chi connectivity index (χ0n) is 10.5. The summed E-state index contributed by atoms with van der Waals surface area (Å²) in [7, 11) is -1.03. The van der Waals surface area contributed by atoms with Crippen LogP contribution in [0.4, 0.5) is 0 Å². The number of imidazole rings is 1. The van der Waals surface area contributed by atoms with Crippen molar-refractivity contribution < 1.29 is 9.53 Å². The van der Waals surface area contributed by atoms with Crippen LogP contribution in [0.25, 0.3) is 0 Å². The molecule has 0 atom stereocenters. The molecule has 0 unspecified atom stereocenters. The Morgan fingerprint density at radius 1 is 1.56 bits per heavy atom. The number of hydrogen-bond acceptors (Lipinski definition) is 3. The second-order valence-electron chi connectivity index (χ2n) is 5.12. The van der Waals surface area contributed by atoms with E-state index in [0.29, 0.717) is 12.6 Å². The molecular formula is C10H17LiN2O2Si. The molecule has 0 N–H and O–H groups in total. The first-order valence-electron chi connectivity index (χ1n) is 5.50. The third kappa shape index (κ3) is 4.66. The van der Waals surface area contributed by atoms with Crippen LogP contribution in [-0.4, -0.2) is 46.4 Å². The van der Waals surface area contributed by atoms with E-state index in [-0.39, 0.29) is 4.46 Å². The molecule has 6 heteroatoms. The Morgan fingerprint density at radius 2 is 2.25 bits per heavy atom. The van der Waals surface area contributed by atoms with Gasteiger partial charge in [0.25, 0.3) is 0 Å². The molecule has 0 spiro atoms. The zero-order chi connectivity index (χ0) is 12.2. The van der Waals surface area contributed by atoms with Gasteiger partial charge in [0.15, 0.2) is 0 Å². The molecule has 16 heavy (non-hydrogen) atoms. The van der Waals surface area contributed by atoms with Crippen LogP contribution in [0.15, 0.2) is 12.4 Å². The summed E-state index contributed by atoms with van der Waals surface area (Å²) in [6, 6.07) is 1.14. The molecular weight excluding hydrogens is 215 g/mol. The van der Waals surface area contributed by atoms with E-state index < -0.39 is 8.07 Å². The Morgan fingerprint density at radius 3 is 2.81 bits per heavy atom. The van der Waals surface area contributed by atoms with Crippen LogP contribution in [0, 0.1) is 0 Å². The van der Waals surface area contributed by atoms with Gasteiger partial charge in [-0.2, -0.15) is 0 Å². The topological polar surface area (TPSA) is 44.1 Å². The van der Waals surface area contributed by atoms with Gasteiger partial charge in [0.05, 0.1) is 0 Å². The summed E-state index contributed by atoms with van der Waals surface area (Å²) in [5.74, 6) is 0.466. The molecule has 0 aliphatic heterocycles. The molecule has 0 fully saturated rings. The summed E-state index contributed by atoms with van der Waals surface area (Å²) < 4.78 is 7.26. The van der Waals surface area contributed by atoms with Gasteiger partial charge in [-0.25, -0.2) is 0 Å². The van der Waals surface area contributed by atoms with E-state index in [0.717, 1.165) is 12.7 Å². The maximum atomic E-state index is 11.2. The molecule has 1 aromatic heterocycles. The van der Waals surface area contributed by atoms with E-state index in [1.54, 1.807) is 17.0 Å². The fourth-order valence-corrected chi connectivity index (χ4v) is 2.02. The minimum atomic E-state index is -1.03. The SMILES string of the molecule is [Li][C](=O)c1nccn1COCC[Si](C)(C)C. The van der Waals surface area contributed by atoms with E-state index in [2.05, 4.69) is 24.6 Å². The first-order valence-corrected chi connectivity index (χ1v) is 9.21. The number of carbonyl (C=O) groups is 1. The second kappa shape index (κ2) is 5.83. The van der Waals surface area contributed by atoms with Gasteiger partial charge < -0.3 is 0 Å². The molecule has 0 amide bonds. The number of ether oxygens (including phenoxy) is 1. The van der Waals surface area contributed by atoms with E-state index in [4.69, 9.17) is 4.74 Å². The summed E-state index contributed by atoms with van der Waals surface area (Å²) in [5, 5.41) is 0. The second-order valence-corrected chi connectivity index (χ2v) is 10.7. The average Bonchev–Trinajstić information content (AvgIpc) is 2.58. The Hall–Kier alpha value is -0.346. The Bertz CT molecular complexity index is 360. The normalized spacial score (nSPS) is 11.8. The van der Waals surface area contributed by atoms with Crippen molar-refractivity contribution in [2.24, 2.45) is 0 Å². The van der Waals surface area contributed by atoms with Gasteiger partial charge in [-0.3, -0.25) is 0 Å². The van der Waals surface area contributed by atoms with Crippen molar-refractivity contribution in [3.05, 3.63) is 18.2 Å². The van der Waals surface area contributed by atoms with Crippen LogP contribution in [0.2, 0.25) is 25.7 Å². The molecule has 0 aliphatic carbocycles. The predicted octanol–water partition coefficient (Wildman–Crippen LogP) is 1.50. The van der Waals surface area contributed by atoms with Gasteiger partial charge in [0.1, 0.15) is 0 Å². The van der Waals surface area contributed by atoms with E-state index in [9.17, 15) is 4.79 Å². The maximum absolute atomic E-state index is 11.2. The summed E-state index contributed by atoms with van der Waals surface area (Å²) in [6.07, 6.45) is 3.39. The molecule has 0 aliphatic rings. The van der Waals surface area contributed by atoms with Gasteiger partial charge in [-0.05, 0) is 0 Å². The molecule has 84 valence electrons. The molecule has 1 rings (SSSR count). The van der Waals surface area contributed by atoms with Crippen LogP contribution in [0.3, 0.4) is 0 Å². The molecule has 1 aromatic rings. The molecule has 4 nitrogen and oxygen atoms in total. The van der Waals surface area contributed by atoms with Gasteiger partial charge >= 0.3 is 107 Å². The number of carbonyl (C=O) groups excluding carboxylic acids is 1. The minimum absolute atomic E-state index is 0.0289. The Balaban J connectivity index is 2.38. The van der Waals surface area contributed by atoms with E-state index in [1.807, 2.05) is 0 Å². The van der Waals surface area contributed by atoms with Crippen molar-refractivity contribution in [1.82, 2.24) is 9.55 Å². The third-order valence-corrected chi connectivity index (χ3v) is 3.96. The number of nitrogens with zero attached hydrogens (tertiary/aromatic N) is 2. The standard InChI is InChI=1S/C10H17N2O2Si.Li/c1-15(2,3)7-6-14-9-12-5-4-11-10(12)8-13;/h4-5H,6-7,9H2,1-3H3;. The van der Waals surface area contributed by atoms with Crippen molar-refractivity contribution in [3.63, 3.8) is 0 Å². The predicted molar refractivity (Wildman–Crippen MR) is 66.4 cm³/mol. The van der Waals surface area contributed by atoms with Crippen LogP contribution in [-0.2, 0) is 11.5 Å². The summed E-state index contributed by atoms with van der Waals surface area (Å²) in [5.41, 5.74) is 0. The summed E-state index contributed by atoms with van der Waals surface area (Å²) >= 11 is 1.51. The van der Waals surface area contributed by atoms with Gasteiger partial charge in [0.2, 0.25) is 0 Å². The van der Waals surface area contributed by atoms with Gasteiger partial charge in [-0.1, -0.05) is 0 Å². The number of rotatable bonds is 6. The van der Waals surface area contributed by atoms with E-state index >= 15 is 0 Å². The van der Waals surface area contributed by atoms with Crippen LogP contribution >= 0.6 is 0 Å². The Kier molecular flexibility index (Phi) is 5.00. The van der Waals surface area contributed by atoms with Crippen molar-refractivity contribution in [1.29, 1.82) is 0 Å². The van der Waals surface area contributed by atoms with Crippen LogP contribution < -0.4 is 0 Å². The monoisotopic (exact) mass is 232 g/mol. The van der Waals surface area contributed by atoms with Crippen molar-refractivity contribution in [3.8, 4) is 0 Å². The summed E-state index contributed by atoms with van der Waals surface area (Å²) in [6.45, 7) is 8.11. The quantitative estimate of drug-likeness (QED) is 0.551. The summed E-state index contributed by atoms with van der Waals surface area (Å²) in [4.78, 5) is 15.2. The van der Waals surface area contributed by atoms with Crippen LogP contribution in [0.1, 0.15) is 10.6 Å². The number of hydrogen-bond donors (Lipinski definition) is 0. The van der Waals surface area contributed by atoms with Crippen molar-refractivity contribution >= 4 is 30.2 Å². The number of aromatic nitrogens is 2. The Labute approximate surface area is 107 Å². The molecule has 0 bridgehead atoms. The molecule has 1 heterocycles. The first kappa shape index (κ1) is 13.7. The van der Waals surface area contributed by atoms with Gasteiger partial charge in [-0.15, -0.1) is 0 Å². The molecule has 0 saturated carbocycles. The van der Waals surface area contributed by atoms with Crippen molar-refractivity contribution in [2.45, 2.75) is 32.4 Å². The zero-order valence-corrected chi connectivity index (χ0v) is 11.5. The first-order chi connectivity index (χ1) is 7.40. The molecule has 0 radical (unpaired) electrons. The van der Waals surface area contributed by atoms with Gasteiger partial charge in [0, 0.05) is 0 Å². The third-order valence-electron chi connectivity index (χ3n) is 2.26. The average molecular weight is 232 g/mol. The fourth-order valence-electron chi connectivity index (χ4n) is 1.27. The van der Waals surface area contributed by atoms with Crippen LogP contribution in [0.5, 0.6) is 0 Å².